The van der Waals surface area contributed by atoms with Crippen LogP contribution >= 0.6 is 0 Å². The standard InChI is InChI=1S/C12H17N3O4.C12H15NO6.C10H17NO3.C10H15NO2.2Na/c13-8(16)6-10(18)15-11(19)7(9(14)17)12(6)4-2-1-3-5-12;14-8-6(10(16)17)12(4-2-1-3-5-12)7(11(18)19)9(15)13-8;11-8(12)6-10(7-9(13)14)4-2-1-3-5-10;12-8-6-10(7-9(13)11-8)4-2-1-3-5-10;;/h6-7H,1-5H2,(H2,13,16)(H2,14,17)(H,15,18,19);6-7H,1-5H2,(H,16,17)(H,18,19)(H,13,14,15);1-7H2,(H2,11,12)(H,13,14);1-7H2,(H,11,12,13);;/q;;;;2*+1/p-2. The molecule has 3 aliphatic heterocycles. The van der Waals surface area contributed by atoms with Gasteiger partial charge >= 0.3 is 65.1 Å². The molecule has 4 saturated carbocycles. The Bertz CT molecular complexity index is 1730. The summed E-state index contributed by atoms with van der Waals surface area (Å²) in [5.41, 5.74) is 13.0. The van der Waals surface area contributed by atoms with Gasteiger partial charge in [0.2, 0.25) is 53.2 Å². The van der Waals surface area contributed by atoms with E-state index in [1.165, 1.54) is 19.3 Å². The zero-order valence-electron chi connectivity index (χ0n) is 38.7. The predicted molar refractivity (Wildman–Crippen MR) is 219 cm³/mol. The molecule has 0 aromatic heterocycles. The normalized spacial score (nSPS) is 26.5. The Morgan fingerprint density at radius 1 is 0.478 bits per heavy atom. The average Bonchev–Trinajstić information content (AvgIpc) is 3.17. The molecule has 23 heteroatoms. The Balaban J connectivity index is 0.000000308. The molecular weight excluding hydrogens is 898 g/mol. The Hall–Kier alpha value is -3.76. The third-order valence-electron chi connectivity index (χ3n) is 14.7. The van der Waals surface area contributed by atoms with Gasteiger partial charge in [0.1, 0.15) is 11.8 Å². The molecule has 0 aromatic carbocycles. The molecule has 21 nitrogen and oxygen atoms in total. The van der Waals surface area contributed by atoms with Crippen LogP contribution in [0.2, 0.25) is 0 Å². The van der Waals surface area contributed by atoms with Gasteiger partial charge in [-0.15, -0.1) is 0 Å². The van der Waals surface area contributed by atoms with Crippen LogP contribution in [-0.4, -0.2) is 76.2 Å². The van der Waals surface area contributed by atoms with E-state index in [1.54, 1.807) is 5.32 Å². The third kappa shape index (κ3) is 14.6. The molecule has 9 amide bonds. The second kappa shape index (κ2) is 25.7. The van der Waals surface area contributed by atoms with Gasteiger partial charge in [0.25, 0.3) is 0 Å². The Labute approximate surface area is 432 Å². The number of carbonyl (C=O) groups excluding carboxylic acids is 11. The van der Waals surface area contributed by atoms with E-state index >= 15 is 0 Å². The van der Waals surface area contributed by atoms with Crippen LogP contribution in [0.4, 0.5) is 0 Å². The number of aliphatic carboxylic acids is 3. The number of piperidine rings is 3. The fourth-order valence-corrected chi connectivity index (χ4v) is 12.0. The summed E-state index contributed by atoms with van der Waals surface area (Å²) in [4.78, 5) is 137. The number of rotatable bonds is 8. The molecule has 67 heavy (non-hydrogen) atoms. The van der Waals surface area contributed by atoms with E-state index in [4.69, 9.17) is 22.3 Å². The summed E-state index contributed by atoms with van der Waals surface area (Å²) in [6.07, 6.45) is 17.7. The Kier molecular flexibility index (Phi) is 22.8. The maximum atomic E-state index is 11.9. The van der Waals surface area contributed by atoms with Crippen molar-refractivity contribution in [3.8, 4) is 0 Å². The van der Waals surface area contributed by atoms with E-state index in [0.29, 0.717) is 38.5 Å². The fourth-order valence-electron chi connectivity index (χ4n) is 12.0. The van der Waals surface area contributed by atoms with Crippen LogP contribution in [0.25, 0.3) is 0 Å². The van der Waals surface area contributed by atoms with Crippen molar-refractivity contribution in [1.82, 2.24) is 16.0 Å². The molecule has 10 N–H and O–H groups in total. The number of nitrogens with two attached hydrogens (primary N) is 3. The number of carboxylic acids is 3. The van der Waals surface area contributed by atoms with E-state index in [0.717, 1.165) is 70.6 Å². The first-order valence-corrected chi connectivity index (χ1v) is 22.6. The summed E-state index contributed by atoms with van der Waals surface area (Å²) in [7, 11) is 0. The van der Waals surface area contributed by atoms with Crippen LogP contribution in [0.1, 0.15) is 154 Å². The van der Waals surface area contributed by atoms with Crippen molar-refractivity contribution in [3.63, 3.8) is 0 Å². The van der Waals surface area contributed by atoms with Gasteiger partial charge in [-0.2, -0.15) is 0 Å². The molecule has 7 fully saturated rings. The van der Waals surface area contributed by atoms with Gasteiger partial charge in [-0.05, 0) is 62.2 Å². The van der Waals surface area contributed by atoms with Gasteiger partial charge in [0.05, 0.1) is 30.2 Å². The largest absolute Gasteiger partial charge is 1.00 e. The summed E-state index contributed by atoms with van der Waals surface area (Å²) in [5.74, 6) is -15.2. The number of imide groups is 3. The molecule has 3 spiro atoms. The summed E-state index contributed by atoms with van der Waals surface area (Å²) >= 11 is 0. The third-order valence-corrected chi connectivity index (χ3v) is 14.7. The fraction of sp³-hybridized carbons (Fsp3) is 0.727. The summed E-state index contributed by atoms with van der Waals surface area (Å²) in [5, 5.41) is 37.4. The molecular formula is C44H62N6Na2O15. The van der Waals surface area contributed by atoms with Gasteiger partial charge in [0, 0.05) is 30.1 Å². The van der Waals surface area contributed by atoms with Crippen molar-refractivity contribution in [2.24, 2.45) is 62.5 Å². The molecule has 0 aromatic rings. The van der Waals surface area contributed by atoms with Gasteiger partial charge < -0.3 is 42.1 Å². The number of amides is 9. The molecule has 0 radical (unpaired) electrons. The molecule has 4 unspecified atom stereocenters. The van der Waals surface area contributed by atoms with Gasteiger partial charge in [0.15, 0.2) is 0 Å². The molecule has 0 bridgehead atoms. The average molecular weight is 961 g/mol. The quantitative estimate of drug-likeness (QED) is 0.0675. The second-order valence-electron chi connectivity index (χ2n) is 19.1. The number of carbonyl (C=O) groups is 12. The monoisotopic (exact) mass is 960 g/mol. The molecule has 3 saturated heterocycles. The van der Waals surface area contributed by atoms with Gasteiger partial charge in [-0.3, -0.25) is 63.9 Å². The van der Waals surface area contributed by atoms with Crippen LogP contribution in [0.3, 0.4) is 0 Å². The first-order chi connectivity index (χ1) is 30.5. The minimum atomic E-state index is -1.64. The summed E-state index contributed by atoms with van der Waals surface area (Å²) < 4.78 is 0. The number of nitrogens with one attached hydrogen (secondary N) is 3. The zero-order chi connectivity index (χ0) is 48.3. The van der Waals surface area contributed by atoms with Crippen LogP contribution in [0, 0.1) is 45.3 Å². The number of hydrogen-bond donors (Lipinski definition) is 7. The van der Waals surface area contributed by atoms with Crippen molar-refractivity contribution in [1.29, 1.82) is 0 Å². The molecule has 4 aliphatic carbocycles. The van der Waals surface area contributed by atoms with E-state index < -0.39 is 87.9 Å². The number of primary amides is 3. The molecule has 4 atom stereocenters. The van der Waals surface area contributed by atoms with E-state index in [-0.39, 0.29) is 113 Å². The Morgan fingerprint density at radius 2 is 0.791 bits per heavy atom. The van der Waals surface area contributed by atoms with Crippen LogP contribution in [0.5, 0.6) is 0 Å². The minimum Gasteiger partial charge on any atom is -0.549 e. The van der Waals surface area contributed by atoms with Crippen molar-refractivity contribution in [2.75, 3.05) is 0 Å². The second-order valence-corrected chi connectivity index (χ2v) is 19.1. The minimum absolute atomic E-state index is 0. The predicted octanol–water partition coefficient (Wildman–Crippen LogP) is -7.21. The molecule has 3 heterocycles. The maximum Gasteiger partial charge on any atom is 1.00 e. The zero-order valence-corrected chi connectivity index (χ0v) is 42.7. The first-order valence-electron chi connectivity index (χ1n) is 22.6. The maximum absolute atomic E-state index is 11.9. The Morgan fingerprint density at radius 3 is 1.10 bits per heavy atom. The first kappa shape index (κ1) is 59.4. The van der Waals surface area contributed by atoms with Crippen LogP contribution in [-0.2, 0) is 57.5 Å². The number of hydrogen-bond acceptors (Lipinski definition) is 14. The van der Waals surface area contributed by atoms with Crippen molar-refractivity contribution in [2.45, 2.75) is 154 Å². The molecule has 7 rings (SSSR count). The molecule has 7 aliphatic rings. The molecule has 360 valence electrons. The van der Waals surface area contributed by atoms with E-state index in [1.807, 2.05) is 5.32 Å². The van der Waals surface area contributed by atoms with E-state index in [2.05, 4.69) is 5.32 Å². The number of carboxylic acid groups (broad SMARTS) is 3. The van der Waals surface area contributed by atoms with Crippen molar-refractivity contribution in [3.05, 3.63) is 0 Å². The summed E-state index contributed by atoms with van der Waals surface area (Å²) in [6, 6.07) is 0. The van der Waals surface area contributed by atoms with Crippen LogP contribution < -0.4 is 102 Å². The van der Waals surface area contributed by atoms with Crippen molar-refractivity contribution < 1.29 is 132 Å². The van der Waals surface area contributed by atoms with Crippen molar-refractivity contribution >= 4 is 71.1 Å². The van der Waals surface area contributed by atoms with Crippen LogP contribution in [0.15, 0.2) is 0 Å². The summed E-state index contributed by atoms with van der Waals surface area (Å²) in [6.45, 7) is 0. The van der Waals surface area contributed by atoms with Gasteiger partial charge in [-0.25, -0.2) is 0 Å². The van der Waals surface area contributed by atoms with Gasteiger partial charge in [-0.1, -0.05) is 77.0 Å². The van der Waals surface area contributed by atoms with E-state index in [9.17, 15) is 67.7 Å². The topological polar surface area (TPSA) is 385 Å². The SMILES string of the molecule is NC(=O)C1C(=O)NC(=O)C(C(N)=O)C12CCCCC2.NC(=O)CC1(CC(=O)O)CCCCC1.O=C([O-])C1C(=O)NC(=O)C(C(=O)[O-])C12CCCCC2.O=C1CC2(CCCCC2)CC(=O)N1.[Na+].[Na+]. The smallest absolute Gasteiger partial charge is 0.549 e.